The van der Waals surface area contributed by atoms with Gasteiger partial charge in [-0.05, 0) is 37.3 Å². The van der Waals surface area contributed by atoms with Gasteiger partial charge in [-0.3, -0.25) is 14.6 Å². The summed E-state index contributed by atoms with van der Waals surface area (Å²) in [6, 6.07) is 9.31. The summed E-state index contributed by atoms with van der Waals surface area (Å²) in [5.74, 6) is -0.503. The van der Waals surface area contributed by atoms with E-state index >= 15 is 0 Å². The summed E-state index contributed by atoms with van der Waals surface area (Å²) in [6.45, 7) is 0.793. The maximum atomic E-state index is 12.5. The highest BCUT2D eigenvalue weighted by molar-refractivity contribution is 6.05. The number of benzene rings is 1. The van der Waals surface area contributed by atoms with Crippen molar-refractivity contribution in [3.05, 3.63) is 66.1 Å². The van der Waals surface area contributed by atoms with E-state index in [2.05, 4.69) is 15.3 Å². The van der Waals surface area contributed by atoms with E-state index in [1.165, 1.54) is 37.5 Å². The first-order valence-electron chi connectivity index (χ1n) is 9.45. The average molecular weight is 435 g/mol. The van der Waals surface area contributed by atoms with E-state index in [0.717, 1.165) is 0 Å². The fourth-order valence-corrected chi connectivity index (χ4v) is 2.88. The van der Waals surface area contributed by atoms with Crippen molar-refractivity contribution in [2.75, 3.05) is 18.7 Å². The topological polar surface area (TPSA) is 126 Å². The van der Waals surface area contributed by atoms with Gasteiger partial charge in [0.1, 0.15) is 11.3 Å². The molecule has 1 aliphatic heterocycles. The molecule has 3 aromatic rings. The molecule has 0 radical (unpaired) electrons. The van der Waals surface area contributed by atoms with Crippen molar-refractivity contribution >= 4 is 23.3 Å². The highest BCUT2D eigenvalue weighted by Gasteiger charge is 2.22. The minimum absolute atomic E-state index is 0.0144. The monoisotopic (exact) mass is 435 g/mol. The van der Waals surface area contributed by atoms with Crippen LogP contribution < -0.4 is 19.5 Å². The van der Waals surface area contributed by atoms with E-state index in [-0.39, 0.29) is 35.3 Å². The van der Waals surface area contributed by atoms with Gasteiger partial charge in [0.25, 0.3) is 5.91 Å². The molecule has 1 aromatic carbocycles. The quantitative estimate of drug-likeness (QED) is 0.440. The van der Waals surface area contributed by atoms with Crippen LogP contribution in [0.1, 0.15) is 27.6 Å². The van der Waals surface area contributed by atoms with Gasteiger partial charge in [0.15, 0.2) is 23.9 Å². The van der Waals surface area contributed by atoms with Gasteiger partial charge >= 0.3 is 5.97 Å². The largest absolute Gasteiger partial charge is 0.454 e. The maximum absolute atomic E-state index is 12.5. The van der Waals surface area contributed by atoms with Gasteiger partial charge in [-0.25, -0.2) is 9.78 Å². The SMILES string of the molecule is CC(=O)c1cc2c(cc1NC(=O)COC(=O)c1cccnc1Oc1cccnc1)OCO2. The lowest BCUT2D eigenvalue weighted by molar-refractivity contribution is -0.119. The molecule has 4 rings (SSSR count). The Morgan fingerprint density at radius 3 is 2.59 bits per heavy atom. The summed E-state index contributed by atoms with van der Waals surface area (Å²) >= 11 is 0. The number of nitrogens with zero attached hydrogens (tertiary/aromatic N) is 2. The number of nitrogens with one attached hydrogen (secondary N) is 1. The molecule has 10 heteroatoms. The van der Waals surface area contributed by atoms with Crippen molar-refractivity contribution in [3.8, 4) is 23.1 Å². The Morgan fingerprint density at radius 1 is 1.06 bits per heavy atom. The smallest absolute Gasteiger partial charge is 0.344 e. The molecule has 0 unspecified atom stereocenters. The van der Waals surface area contributed by atoms with Crippen molar-refractivity contribution in [3.63, 3.8) is 0 Å². The molecule has 32 heavy (non-hydrogen) atoms. The second-order valence-electron chi connectivity index (χ2n) is 6.58. The number of aromatic nitrogens is 2. The normalized spacial score (nSPS) is 11.5. The maximum Gasteiger partial charge on any atom is 0.344 e. The van der Waals surface area contributed by atoms with Crippen LogP contribution in [0.15, 0.2) is 55.0 Å². The van der Waals surface area contributed by atoms with E-state index in [0.29, 0.717) is 17.2 Å². The fraction of sp³-hybridized carbons (Fsp3) is 0.136. The molecule has 0 fully saturated rings. The average Bonchev–Trinajstić information content (AvgIpc) is 3.25. The van der Waals surface area contributed by atoms with Crippen LogP contribution in [0, 0.1) is 0 Å². The first kappa shape index (κ1) is 20.8. The summed E-state index contributed by atoms with van der Waals surface area (Å²) in [4.78, 5) is 44.8. The molecular weight excluding hydrogens is 418 g/mol. The molecular formula is C22H17N3O7. The summed E-state index contributed by atoms with van der Waals surface area (Å²) < 4.78 is 21.2. The molecule has 0 saturated heterocycles. The second kappa shape index (κ2) is 9.13. The third-order valence-electron chi connectivity index (χ3n) is 4.34. The predicted octanol–water partition coefficient (Wildman–Crippen LogP) is 3.00. The molecule has 162 valence electrons. The Morgan fingerprint density at radius 2 is 1.84 bits per heavy atom. The lowest BCUT2D eigenvalue weighted by Gasteiger charge is -2.12. The number of hydrogen-bond donors (Lipinski definition) is 1. The standard InChI is InChI=1S/C22H17N3O7/c1-13(26)16-8-18-19(31-12-30-18)9-17(16)25-20(27)11-29-22(28)15-5-3-7-24-21(15)32-14-4-2-6-23-10-14/h2-10H,11-12H2,1H3,(H,25,27). The zero-order valence-electron chi connectivity index (χ0n) is 16.9. The summed E-state index contributed by atoms with van der Waals surface area (Å²) in [7, 11) is 0. The summed E-state index contributed by atoms with van der Waals surface area (Å²) in [5, 5.41) is 2.56. The highest BCUT2D eigenvalue weighted by Crippen LogP contribution is 2.37. The molecule has 0 saturated carbocycles. The Kier molecular flexibility index (Phi) is 5.93. The van der Waals surface area contributed by atoms with E-state index in [4.69, 9.17) is 18.9 Å². The van der Waals surface area contributed by atoms with Crippen LogP contribution in [0.3, 0.4) is 0 Å². The molecule has 0 atom stereocenters. The lowest BCUT2D eigenvalue weighted by Crippen LogP contribution is -2.22. The highest BCUT2D eigenvalue weighted by atomic mass is 16.7. The van der Waals surface area contributed by atoms with Crippen LogP contribution in [0.5, 0.6) is 23.1 Å². The number of fused-ring (bicyclic) bond motifs is 1. The molecule has 0 bridgehead atoms. The van der Waals surface area contributed by atoms with E-state index in [1.54, 1.807) is 24.4 Å². The molecule has 0 aliphatic carbocycles. The molecule has 1 aliphatic rings. The zero-order chi connectivity index (χ0) is 22.5. The fourth-order valence-electron chi connectivity index (χ4n) is 2.88. The van der Waals surface area contributed by atoms with Crippen molar-refractivity contribution in [2.45, 2.75) is 6.92 Å². The Hall–Kier alpha value is -4.47. The lowest BCUT2D eigenvalue weighted by atomic mass is 10.1. The van der Waals surface area contributed by atoms with Crippen molar-refractivity contribution in [1.29, 1.82) is 0 Å². The van der Waals surface area contributed by atoms with Crippen LogP contribution in [0.25, 0.3) is 0 Å². The number of esters is 1. The number of carbonyl (C=O) groups excluding carboxylic acids is 3. The van der Waals surface area contributed by atoms with Gasteiger partial charge in [-0.2, -0.15) is 0 Å². The number of carbonyl (C=O) groups is 3. The number of pyridine rings is 2. The third kappa shape index (κ3) is 4.64. The second-order valence-corrected chi connectivity index (χ2v) is 6.58. The number of hydrogen-bond acceptors (Lipinski definition) is 9. The van der Waals surface area contributed by atoms with E-state index in [1.807, 2.05) is 0 Å². The molecule has 0 spiro atoms. The van der Waals surface area contributed by atoms with Crippen molar-refractivity contribution < 1.29 is 33.3 Å². The molecule has 2 aromatic heterocycles. The van der Waals surface area contributed by atoms with Crippen LogP contribution in [-0.2, 0) is 9.53 Å². The van der Waals surface area contributed by atoms with Gasteiger partial charge < -0.3 is 24.3 Å². The number of rotatable bonds is 7. The minimum atomic E-state index is -0.801. The number of ether oxygens (including phenoxy) is 4. The van der Waals surface area contributed by atoms with Gasteiger partial charge in [0.2, 0.25) is 12.7 Å². The molecule has 3 heterocycles. The Labute approximate surface area is 182 Å². The number of anilines is 1. The van der Waals surface area contributed by atoms with Crippen LogP contribution in [0.4, 0.5) is 5.69 Å². The number of amides is 1. The van der Waals surface area contributed by atoms with Crippen LogP contribution in [-0.4, -0.2) is 41.0 Å². The van der Waals surface area contributed by atoms with E-state index < -0.39 is 18.5 Å². The predicted molar refractivity (Wildman–Crippen MR) is 110 cm³/mol. The van der Waals surface area contributed by atoms with Crippen molar-refractivity contribution in [1.82, 2.24) is 9.97 Å². The molecule has 1 N–H and O–H groups in total. The third-order valence-corrected chi connectivity index (χ3v) is 4.34. The number of Topliss-reactive ketones (excluding diaryl/α,β-unsaturated/α-hetero) is 1. The van der Waals surface area contributed by atoms with Gasteiger partial charge in [0, 0.05) is 24.0 Å². The van der Waals surface area contributed by atoms with E-state index in [9.17, 15) is 14.4 Å². The first-order chi connectivity index (χ1) is 15.5. The number of ketones is 1. The Balaban J connectivity index is 1.42. The van der Waals surface area contributed by atoms with Gasteiger partial charge in [0.05, 0.1) is 11.9 Å². The zero-order valence-corrected chi connectivity index (χ0v) is 16.9. The summed E-state index contributed by atoms with van der Waals surface area (Å²) in [5.41, 5.74) is 0.509. The first-order valence-corrected chi connectivity index (χ1v) is 9.45. The van der Waals surface area contributed by atoms with Crippen LogP contribution in [0.2, 0.25) is 0 Å². The van der Waals surface area contributed by atoms with Gasteiger partial charge in [-0.1, -0.05) is 0 Å². The molecule has 10 nitrogen and oxygen atoms in total. The van der Waals surface area contributed by atoms with Crippen molar-refractivity contribution in [2.24, 2.45) is 0 Å². The minimum Gasteiger partial charge on any atom is -0.454 e. The summed E-state index contributed by atoms with van der Waals surface area (Å²) in [6.07, 6.45) is 4.50. The molecule has 1 amide bonds. The van der Waals surface area contributed by atoms with Crippen LogP contribution >= 0.6 is 0 Å². The van der Waals surface area contributed by atoms with Gasteiger partial charge in [-0.15, -0.1) is 0 Å². The Bertz CT molecular complexity index is 1180.